The van der Waals surface area contributed by atoms with Gasteiger partial charge in [-0.3, -0.25) is 9.59 Å². The number of carbonyl (C=O) groups excluding carboxylic acids is 1. The van der Waals surface area contributed by atoms with Crippen LogP contribution in [0.1, 0.15) is 48.7 Å². The van der Waals surface area contributed by atoms with Crippen molar-refractivity contribution in [1.82, 2.24) is 5.32 Å². The average molecular weight is 265 g/mol. The van der Waals surface area contributed by atoms with Gasteiger partial charge in [-0.2, -0.15) is 0 Å². The maximum Gasteiger partial charge on any atom is 0.311 e. The lowest BCUT2D eigenvalue weighted by Crippen LogP contribution is -2.52. The number of amides is 1. The van der Waals surface area contributed by atoms with Crippen molar-refractivity contribution in [2.45, 2.75) is 45.6 Å². The molecule has 19 heavy (non-hydrogen) atoms. The summed E-state index contributed by atoms with van der Waals surface area (Å²) in [6.45, 7) is 3.49. The Kier molecular flexibility index (Phi) is 3.64. The lowest BCUT2D eigenvalue weighted by molar-refractivity contribution is -0.151. The summed E-state index contributed by atoms with van der Waals surface area (Å²) in [6.07, 6.45) is 4.56. The molecule has 0 aromatic carbocycles. The smallest absolute Gasteiger partial charge is 0.311 e. The molecule has 0 spiro atoms. The second-order valence-corrected chi connectivity index (χ2v) is 5.43. The fourth-order valence-electron chi connectivity index (χ4n) is 2.65. The monoisotopic (exact) mass is 265 g/mol. The van der Waals surface area contributed by atoms with Gasteiger partial charge >= 0.3 is 5.97 Å². The van der Waals surface area contributed by atoms with E-state index >= 15 is 0 Å². The first kappa shape index (κ1) is 13.6. The summed E-state index contributed by atoms with van der Waals surface area (Å²) >= 11 is 0. The normalized spacial score (nSPS) is 26.9. The van der Waals surface area contributed by atoms with Gasteiger partial charge in [-0.05, 0) is 32.8 Å². The highest BCUT2D eigenvalue weighted by Gasteiger charge is 2.44. The molecule has 0 bridgehead atoms. The molecule has 2 N–H and O–H groups in total. The van der Waals surface area contributed by atoms with Crippen molar-refractivity contribution in [3.05, 3.63) is 23.7 Å². The number of furan rings is 1. The molecule has 1 aliphatic rings. The summed E-state index contributed by atoms with van der Waals surface area (Å²) < 4.78 is 5.14. The number of aliphatic carboxylic acids is 1. The topological polar surface area (TPSA) is 79.5 Å². The van der Waals surface area contributed by atoms with Crippen LogP contribution in [0.5, 0.6) is 0 Å². The summed E-state index contributed by atoms with van der Waals surface area (Å²) in [4.78, 5) is 23.6. The van der Waals surface area contributed by atoms with Gasteiger partial charge in [0.15, 0.2) is 5.76 Å². The zero-order chi connectivity index (χ0) is 14.0. The number of carboxylic acid groups (broad SMARTS) is 1. The summed E-state index contributed by atoms with van der Waals surface area (Å²) in [6, 6.07) is 1.36. The van der Waals surface area contributed by atoms with E-state index in [1.807, 2.05) is 0 Å². The Hall–Kier alpha value is -1.78. The van der Waals surface area contributed by atoms with Crippen LogP contribution >= 0.6 is 0 Å². The fraction of sp³-hybridized carbons (Fsp3) is 0.571. The largest absolute Gasteiger partial charge is 0.481 e. The lowest BCUT2D eigenvalue weighted by Gasteiger charge is -2.38. The van der Waals surface area contributed by atoms with E-state index in [1.54, 1.807) is 19.9 Å². The molecule has 1 saturated carbocycles. The van der Waals surface area contributed by atoms with Crippen LogP contribution in [-0.2, 0) is 4.79 Å². The van der Waals surface area contributed by atoms with E-state index in [2.05, 4.69) is 5.32 Å². The van der Waals surface area contributed by atoms with E-state index in [-0.39, 0.29) is 17.7 Å². The van der Waals surface area contributed by atoms with Crippen molar-refractivity contribution in [2.75, 3.05) is 0 Å². The first-order valence-corrected chi connectivity index (χ1v) is 6.53. The number of nitrogens with one attached hydrogen (secondary N) is 1. The van der Waals surface area contributed by atoms with Crippen LogP contribution in [-0.4, -0.2) is 23.0 Å². The van der Waals surface area contributed by atoms with E-state index in [4.69, 9.17) is 4.42 Å². The summed E-state index contributed by atoms with van der Waals surface area (Å²) in [5.41, 5.74) is -0.139. The lowest BCUT2D eigenvalue weighted by atomic mass is 9.71. The quantitative estimate of drug-likeness (QED) is 0.879. The Balaban J connectivity index is 2.15. The highest BCUT2D eigenvalue weighted by atomic mass is 16.4. The van der Waals surface area contributed by atoms with E-state index in [0.29, 0.717) is 12.8 Å². The predicted octanol–water partition coefficient (Wildman–Crippen LogP) is 2.35. The third-order valence-electron chi connectivity index (χ3n) is 4.07. The SMILES string of the molecule is Cc1ccoc1C(=O)NC1CCCCC1(C)C(=O)O. The van der Waals surface area contributed by atoms with Crippen LogP contribution in [0.4, 0.5) is 0 Å². The highest BCUT2D eigenvalue weighted by molar-refractivity contribution is 5.93. The molecule has 0 aliphatic heterocycles. The number of hydrogen-bond donors (Lipinski definition) is 2. The third kappa shape index (κ3) is 2.50. The van der Waals surface area contributed by atoms with Crippen molar-refractivity contribution in [3.63, 3.8) is 0 Å². The van der Waals surface area contributed by atoms with Crippen LogP contribution in [0.2, 0.25) is 0 Å². The van der Waals surface area contributed by atoms with Gasteiger partial charge in [0.2, 0.25) is 0 Å². The van der Waals surface area contributed by atoms with Crippen molar-refractivity contribution < 1.29 is 19.1 Å². The van der Waals surface area contributed by atoms with Crippen molar-refractivity contribution in [3.8, 4) is 0 Å². The minimum absolute atomic E-state index is 0.262. The van der Waals surface area contributed by atoms with Crippen LogP contribution < -0.4 is 5.32 Å². The molecule has 1 aromatic rings. The predicted molar refractivity (Wildman–Crippen MR) is 68.9 cm³/mol. The van der Waals surface area contributed by atoms with Crippen LogP contribution in [0, 0.1) is 12.3 Å². The van der Waals surface area contributed by atoms with Gasteiger partial charge in [-0.1, -0.05) is 12.8 Å². The molecule has 2 unspecified atom stereocenters. The molecule has 1 amide bonds. The Labute approximate surface area is 112 Å². The Bertz CT molecular complexity index is 493. The molecule has 2 rings (SSSR count). The first-order valence-electron chi connectivity index (χ1n) is 6.53. The second-order valence-electron chi connectivity index (χ2n) is 5.43. The van der Waals surface area contributed by atoms with Gasteiger partial charge in [0.05, 0.1) is 11.7 Å². The highest BCUT2D eigenvalue weighted by Crippen LogP contribution is 2.36. The molecule has 1 fully saturated rings. The van der Waals surface area contributed by atoms with Crippen LogP contribution in [0.25, 0.3) is 0 Å². The number of aryl methyl sites for hydroxylation is 1. The minimum Gasteiger partial charge on any atom is -0.481 e. The molecule has 0 radical (unpaired) electrons. The maximum absolute atomic E-state index is 12.1. The van der Waals surface area contributed by atoms with Gasteiger partial charge in [0.25, 0.3) is 5.91 Å². The van der Waals surface area contributed by atoms with Gasteiger partial charge in [-0.15, -0.1) is 0 Å². The molecule has 1 aromatic heterocycles. The van der Waals surface area contributed by atoms with Crippen LogP contribution in [0.3, 0.4) is 0 Å². The van der Waals surface area contributed by atoms with E-state index in [0.717, 1.165) is 18.4 Å². The molecule has 2 atom stereocenters. The zero-order valence-electron chi connectivity index (χ0n) is 11.2. The van der Waals surface area contributed by atoms with E-state index in [9.17, 15) is 14.7 Å². The standard InChI is InChI=1S/C14H19NO4/c1-9-6-8-19-11(9)12(16)15-10-5-3-4-7-14(10,2)13(17)18/h6,8,10H,3-5,7H2,1-2H3,(H,15,16)(H,17,18). The minimum atomic E-state index is -0.894. The summed E-state index contributed by atoms with van der Waals surface area (Å²) in [5.74, 6) is -0.922. The van der Waals surface area contributed by atoms with Crippen molar-refractivity contribution in [2.24, 2.45) is 5.41 Å². The summed E-state index contributed by atoms with van der Waals surface area (Å²) in [7, 11) is 0. The third-order valence-corrected chi connectivity index (χ3v) is 4.07. The van der Waals surface area contributed by atoms with E-state index < -0.39 is 11.4 Å². The Morgan fingerprint density at radius 2 is 2.21 bits per heavy atom. The molecular weight excluding hydrogens is 246 g/mol. The first-order chi connectivity index (χ1) is 8.95. The van der Waals surface area contributed by atoms with E-state index in [1.165, 1.54) is 6.26 Å². The zero-order valence-corrected chi connectivity index (χ0v) is 11.2. The van der Waals surface area contributed by atoms with Gasteiger partial charge in [-0.25, -0.2) is 0 Å². The van der Waals surface area contributed by atoms with Gasteiger partial charge in [0, 0.05) is 11.6 Å². The number of carboxylic acids is 1. The van der Waals surface area contributed by atoms with Crippen LogP contribution in [0.15, 0.2) is 16.7 Å². The van der Waals surface area contributed by atoms with Crippen molar-refractivity contribution >= 4 is 11.9 Å². The molecule has 5 nitrogen and oxygen atoms in total. The molecular formula is C14H19NO4. The van der Waals surface area contributed by atoms with Gasteiger partial charge in [0.1, 0.15) is 0 Å². The number of hydrogen-bond acceptors (Lipinski definition) is 3. The maximum atomic E-state index is 12.1. The second kappa shape index (κ2) is 5.07. The Morgan fingerprint density at radius 1 is 1.47 bits per heavy atom. The molecule has 5 heteroatoms. The summed E-state index contributed by atoms with van der Waals surface area (Å²) in [5, 5.41) is 12.2. The fourth-order valence-corrected chi connectivity index (χ4v) is 2.65. The average Bonchev–Trinajstić information content (AvgIpc) is 2.78. The Morgan fingerprint density at radius 3 is 2.79 bits per heavy atom. The van der Waals surface area contributed by atoms with Gasteiger partial charge < -0.3 is 14.8 Å². The molecule has 104 valence electrons. The molecule has 0 saturated heterocycles. The van der Waals surface area contributed by atoms with Crippen molar-refractivity contribution in [1.29, 1.82) is 0 Å². The molecule has 1 aliphatic carbocycles. The number of rotatable bonds is 3. The molecule has 1 heterocycles. The number of carbonyl (C=O) groups is 2.